The molecule has 240 valence electrons. The van der Waals surface area contributed by atoms with Crippen molar-refractivity contribution in [1.29, 1.82) is 0 Å². The van der Waals surface area contributed by atoms with E-state index in [-0.39, 0.29) is 14.9 Å². The summed E-state index contributed by atoms with van der Waals surface area (Å²) in [7, 11) is 0. The summed E-state index contributed by atoms with van der Waals surface area (Å²) in [5.41, 5.74) is 8.19. The summed E-state index contributed by atoms with van der Waals surface area (Å²) in [6.07, 6.45) is 3.36. The average Bonchev–Trinajstić information content (AvgIpc) is 3.38. The van der Waals surface area contributed by atoms with Crippen molar-refractivity contribution >= 4 is 17.7 Å². The average molecular weight is 678 g/mol. The molecule has 0 fully saturated rings. The Morgan fingerprint density at radius 2 is 1.19 bits per heavy atom. The van der Waals surface area contributed by atoms with Gasteiger partial charge in [0.1, 0.15) is 0 Å². The number of nitrogens with one attached hydrogen (secondary N) is 2. The van der Waals surface area contributed by atoms with Gasteiger partial charge >= 0.3 is 30.2 Å². The maximum absolute atomic E-state index is 3.36. The van der Waals surface area contributed by atoms with Crippen LogP contribution in [0.2, 0.25) is 0 Å². The quantitative estimate of drug-likeness (QED) is 0.207. The number of benzene rings is 2. The first-order valence-corrected chi connectivity index (χ1v) is 19.2. The molecule has 2 nitrogen and oxygen atoms in total. The summed E-state index contributed by atoms with van der Waals surface area (Å²) in [4.78, 5) is 0. The van der Waals surface area contributed by atoms with E-state index in [1.165, 1.54) is 67.5 Å². The van der Waals surface area contributed by atoms with E-state index >= 15 is 0 Å². The van der Waals surface area contributed by atoms with E-state index in [0.29, 0.717) is 30.1 Å². The number of fused-ring (bicyclic) bond motifs is 1. The molecule has 0 saturated carbocycles. The van der Waals surface area contributed by atoms with Crippen LogP contribution in [-0.4, -0.2) is 31.0 Å². The van der Waals surface area contributed by atoms with Gasteiger partial charge in [-0.3, -0.25) is 6.08 Å². The van der Waals surface area contributed by atoms with Crippen LogP contribution in [0, 0.1) is 33.8 Å². The van der Waals surface area contributed by atoms with Crippen LogP contribution in [0.5, 0.6) is 0 Å². The van der Waals surface area contributed by atoms with Gasteiger partial charge in [-0.25, -0.2) is 5.57 Å². The molecule has 1 unspecified atom stereocenters. The van der Waals surface area contributed by atoms with Gasteiger partial charge in [-0.1, -0.05) is 131 Å². The molecule has 0 aliphatic heterocycles. The van der Waals surface area contributed by atoms with Gasteiger partial charge in [0.25, 0.3) is 0 Å². The van der Waals surface area contributed by atoms with Crippen LogP contribution >= 0.6 is 0 Å². The molecule has 4 rings (SSSR count). The third-order valence-electron chi connectivity index (χ3n) is 6.55. The third kappa shape index (κ3) is 18.8. The van der Waals surface area contributed by atoms with Crippen LogP contribution in [0.3, 0.4) is 0 Å². The second kappa shape index (κ2) is 24.8. The van der Waals surface area contributed by atoms with E-state index in [2.05, 4.69) is 174 Å². The van der Waals surface area contributed by atoms with Gasteiger partial charge in [0.05, 0.1) is 0 Å². The topological polar surface area (TPSA) is 24.1 Å². The van der Waals surface area contributed by atoms with Gasteiger partial charge in [0.15, 0.2) is 0 Å². The van der Waals surface area contributed by atoms with E-state index < -0.39 is 0 Å². The van der Waals surface area contributed by atoms with Gasteiger partial charge < -0.3 is 25.5 Å². The van der Waals surface area contributed by atoms with Crippen LogP contribution in [-0.2, 0) is 23.3 Å². The summed E-state index contributed by atoms with van der Waals surface area (Å²) in [6.45, 7) is 31.1. The molecule has 0 bridgehead atoms. The normalized spacial score (nSPS) is 13.4. The fourth-order valence-corrected chi connectivity index (χ4v) is 4.75. The Labute approximate surface area is 285 Å². The standard InChI is InChI=1S/C16H13.C9H13.2C6H15N.2CH3.Si.Zr/c1-12-10-14-8-5-9-15(16(14)11-12)13-6-3-2-4-7-13;1-6-5-7(2)9(4)8(6)3;2*1-5(2)7-6(3)4;;;;/h2-11H,1H3;6H,1-4H3;2*5-7H,1-4H3;2*1H3;;/q2*-1;;;2*-1;;. The molecule has 0 aromatic heterocycles. The van der Waals surface area contributed by atoms with E-state index in [1.54, 1.807) is 0 Å². The summed E-state index contributed by atoms with van der Waals surface area (Å²) in [5, 5.41) is 9.30. The van der Waals surface area contributed by atoms with E-state index in [1.807, 2.05) is 0 Å². The Balaban J connectivity index is -0.000000516. The first-order valence-electron chi connectivity index (χ1n) is 15.0. The van der Waals surface area contributed by atoms with Crippen molar-refractivity contribution in [2.75, 3.05) is 0 Å². The van der Waals surface area contributed by atoms with Crippen molar-refractivity contribution in [3.05, 3.63) is 104 Å². The minimum absolute atomic E-state index is 0. The number of aryl methyl sites for hydroxylation is 1. The number of hydrogen-bond donors (Lipinski definition) is 2. The van der Waals surface area contributed by atoms with Crippen molar-refractivity contribution in [3.63, 3.8) is 0 Å². The Hall–Kier alpha value is -1.45. The SMILES string of the molecule is CC(C)NC(C)C.CC(C)NC(C)C.CC1=[C-]C(C)C(C)=C1C.Cc1cc2c(-c3ccccc3)cccc2[cH-]1.[CH3-].[CH3-].[Si]=[Zr]. The predicted molar refractivity (Wildman–Crippen MR) is 195 cm³/mol. The molecule has 1 aliphatic rings. The van der Waals surface area contributed by atoms with Gasteiger partial charge in [0, 0.05) is 24.2 Å². The Bertz CT molecular complexity index is 1160. The molecule has 4 heteroatoms. The van der Waals surface area contributed by atoms with Crippen LogP contribution in [0.1, 0.15) is 88.6 Å². The molecule has 1 aliphatic carbocycles. The molecular formula is C39H62N2SiZr-4. The summed E-state index contributed by atoms with van der Waals surface area (Å²) >= 11 is 1.36. The number of rotatable bonds is 5. The summed E-state index contributed by atoms with van der Waals surface area (Å²) in [6, 6.07) is 24.1. The monoisotopic (exact) mass is 676 g/mol. The zero-order chi connectivity index (χ0) is 31.7. The Morgan fingerprint density at radius 3 is 1.51 bits per heavy atom. The van der Waals surface area contributed by atoms with Crippen LogP contribution in [0.15, 0.2) is 77.4 Å². The van der Waals surface area contributed by atoms with Crippen LogP contribution < -0.4 is 10.6 Å². The molecule has 2 radical (unpaired) electrons. The van der Waals surface area contributed by atoms with Crippen molar-refractivity contribution in [2.45, 2.75) is 114 Å². The zero-order valence-electron chi connectivity index (χ0n) is 30.2. The van der Waals surface area contributed by atoms with E-state index in [9.17, 15) is 0 Å². The summed E-state index contributed by atoms with van der Waals surface area (Å²) in [5.74, 6) is 0.560. The van der Waals surface area contributed by atoms with Crippen molar-refractivity contribution in [3.8, 4) is 11.1 Å². The fourth-order valence-electron chi connectivity index (χ4n) is 4.75. The molecule has 3 aromatic carbocycles. The molecule has 0 amide bonds. The minimum atomic E-state index is 0. The van der Waals surface area contributed by atoms with Crippen molar-refractivity contribution < 1.29 is 23.3 Å². The van der Waals surface area contributed by atoms with E-state index in [4.69, 9.17) is 0 Å². The molecule has 2 N–H and O–H groups in total. The Kier molecular flexibility index (Phi) is 26.5. The zero-order valence-corrected chi connectivity index (χ0v) is 33.6. The molecule has 0 spiro atoms. The molecule has 43 heavy (non-hydrogen) atoms. The van der Waals surface area contributed by atoms with Gasteiger partial charge in [-0.15, -0.1) is 41.5 Å². The molecule has 0 heterocycles. The Morgan fingerprint density at radius 1 is 0.721 bits per heavy atom. The molecule has 0 saturated heterocycles. The maximum atomic E-state index is 3.36. The predicted octanol–water partition coefficient (Wildman–Crippen LogP) is 10.6. The second-order valence-corrected chi connectivity index (χ2v) is 12.0. The number of hydrogen-bond acceptors (Lipinski definition) is 2. The van der Waals surface area contributed by atoms with Crippen molar-refractivity contribution in [1.82, 2.24) is 10.6 Å². The first kappa shape index (κ1) is 46.0. The molecular weight excluding hydrogens is 616 g/mol. The third-order valence-corrected chi connectivity index (χ3v) is 6.55. The van der Waals surface area contributed by atoms with E-state index in [0.717, 1.165) is 0 Å². The fraction of sp³-hybridized carbons (Fsp3) is 0.462. The van der Waals surface area contributed by atoms with Gasteiger partial charge in [-0.05, 0) is 5.56 Å². The van der Waals surface area contributed by atoms with Crippen LogP contribution in [0.4, 0.5) is 0 Å². The van der Waals surface area contributed by atoms with Crippen molar-refractivity contribution in [2.24, 2.45) is 5.92 Å². The van der Waals surface area contributed by atoms with Crippen LogP contribution in [0.25, 0.3) is 21.9 Å². The van der Waals surface area contributed by atoms with Gasteiger partial charge in [-0.2, -0.15) is 17.2 Å². The second-order valence-electron chi connectivity index (χ2n) is 12.0. The molecule has 3 aromatic rings. The number of allylic oxidation sites excluding steroid dienone is 4. The molecule has 1 atom stereocenters. The first-order chi connectivity index (χ1) is 19.2. The van der Waals surface area contributed by atoms with Gasteiger partial charge in [0.2, 0.25) is 0 Å². The summed E-state index contributed by atoms with van der Waals surface area (Å²) < 4.78 is 0.